The van der Waals surface area contributed by atoms with Crippen LogP contribution < -0.4 is 15.5 Å². The first-order valence-electron chi connectivity index (χ1n) is 12.0. The standard InChI is InChI=1S/C24H33FN4O5/c1-23(2,3)33-22(31)29-19-6-7-20(34-29)24(19)8-10-27(11-9-24)18-5-4-15(12-17(18)25)28-14-16(13-26)32-21(28)30/h4-5,12,16,19-20H,6-11,13-14,26H2,1-3H3/t16-,19?,20?/m0/s1. The number of amides is 2. The molecule has 9 nitrogen and oxygen atoms in total. The Morgan fingerprint density at radius 2 is 2.00 bits per heavy atom. The summed E-state index contributed by atoms with van der Waals surface area (Å²) in [6.07, 6.45) is 2.09. The van der Waals surface area contributed by atoms with Crippen molar-refractivity contribution in [3.8, 4) is 0 Å². The van der Waals surface area contributed by atoms with Crippen molar-refractivity contribution < 1.29 is 28.3 Å². The molecule has 3 heterocycles. The van der Waals surface area contributed by atoms with Gasteiger partial charge in [0.2, 0.25) is 0 Å². The third-order valence-corrected chi connectivity index (χ3v) is 7.52. The van der Waals surface area contributed by atoms with Crippen LogP contribution in [0.3, 0.4) is 0 Å². The number of hydroxylamine groups is 2. The van der Waals surface area contributed by atoms with E-state index in [-0.39, 0.29) is 36.0 Å². The maximum absolute atomic E-state index is 15.1. The Bertz CT molecular complexity index is 975. The van der Waals surface area contributed by atoms with Crippen molar-refractivity contribution in [1.82, 2.24) is 5.06 Å². The van der Waals surface area contributed by atoms with Crippen molar-refractivity contribution in [1.29, 1.82) is 0 Å². The molecule has 186 valence electrons. The van der Waals surface area contributed by atoms with Crippen LogP contribution in [0.4, 0.5) is 25.4 Å². The molecule has 2 amide bonds. The number of rotatable bonds is 3. The van der Waals surface area contributed by atoms with E-state index in [1.54, 1.807) is 12.1 Å². The van der Waals surface area contributed by atoms with Gasteiger partial charge in [0.25, 0.3) is 0 Å². The Balaban J connectivity index is 1.26. The highest BCUT2D eigenvalue weighted by molar-refractivity contribution is 5.90. The second-order valence-electron chi connectivity index (χ2n) is 10.7. The summed E-state index contributed by atoms with van der Waals surface area (Å²) in [6.45, 7) is 7.40. The first-order valence-corrected chi connectivity index (χ1v) is 12.0. The number of halogens is 1. The number of hydrogen-bond acceptors (Lipinski definition) is 7. The Labute approximate surface area is 198 Å². The van der Waals surface area contributed by atoms with Crippen molar-refractivity contribution in [3.63, 3.8) is 0 Å². The van der Waals surface area contributed by atoms with E-state index >= 15 is 4.39 Å². The number of benzene rings is 1. The normalized spacial score (nSPS) is 28.1. The quantitative estimate of drug-likeness (QED) is 0.714. The maximum atomic E-state index is 15.1. The summed E-state index contributed by atoms with van der Waals surface area (Å²) in [5.41, 5.74) is 5.86. The molecule has 2 N–H and O–H groups in total. The van der Waals surface area contributed by atoms with Gasteiger partial charge in [0, 0.05) is 25.0 Å². The molecule has 34 heavy (non-hydrogen) atoms. The first kappa shape index (κ1) is 23.2. The number of carbonyl (C=O) groups is 2. The Morgan fingerprint density at radius 1 is 1.26 bits per heavy atom. The van der Waals surface area contributed by atoms with Gasteiger partial charge in [-0.25, -0.2) is 14.0 Å². The lowest BCUT2D eigenvalue weighted by Crippen LogP contribution is -2.48. The molecule has 3 atom stereocenters. The molecule has 2 unspecified atom stereocenters. The SMILES string of the molecule is CC(C)(C)OC(=O)N1OC2CCC1C21CCN(c2ccc(N3C[C@H](CN)OC3=O)cc2F)CC1. The summed E-state index contributed by atoms with van der Waals surface area (Å²) in [5, 5.41) is 1.45. The summed E-state index contributed by atoms with van der Waals surface area (Å²) in [4.78, 5) is 34.2. The van der Waals surface area contributed by atoms with Crippen LogP contribution in [0, 0.1) is 11.2 Å². The highest BCUT2D eigenvalue weighted by atomic mass is 19.1. The van der Waals surface area contributed by atoms with Gasteiger partial charge in [0.15, 0.2) is 0 Å². The van der Waals surface area contributed by atoms with Crippen LogP contribution in [-0.4, -0.2) is 67.3 Å². The molecule has 1 spiro atoms. The zero-order chi connectivity index (χ0) is 24.3. The number of piperidine rings is 1. The molecule has 2 bridgehead atoms. The van der Waals surface area contributed by atoms with Crippen molar-refractivity contribution >= 4 is 23.6 Å². The number of anilines is 2. The van der Waals surface area contributed by atoms with Gasteiger partial charge in [-0.1, -0.05) is 0 Å². The second-order valence-corrected chi connectivity index (χ2v) is 10.7. The van der Waals surface area contributed by atoms with E-state index in [0.29, 0.717) is 31.0 Å². The van der Waals surface area contributed by atoms with Gasteiger partial charge in [-0.2, -0.15) is 5.06 Å². The van der Waals surface area contributed by atoms with Gasteiger partial charge < -0.3 is 20.1 Å². The van der Waals surface area contributed by atoms with Crippen molar-refractivity contribution in [2.24, 2.45) is 11.1 Å². The smallest absolute Gasteiger partial charge is 0.434 e. The lowest BCUT2D eigenvalue weighted by atomic mass is 9.73. The van der Waals surface area contributed by atoms with Gasteiger partial charge in [-0.05, 0) is 64.7 Å². The van der Waals surface area contributed by atoms with Crippen molar-refractivity contribution in [2.75, 3.05) is 36.0 Å². The van der Waals surface area contributed by atoms with E-state index in [9.17, 15) is 9.59 Å². The molecule has 3 saturated heterocycles. The zero-order valence-corrected chi connectivity index (χ0v) is 20.0. The fourth-order valence-electron chi connectivity index (χ4n) is 5.89. The van der Waals surface area contributed by atoms with Gasteiger partial charge in [-0.15, -0.1) is 0 Å². The molecule has 0 radical (unpaired) electrons. The molecule has 1 saturated carbocycles. The van der Waals surface area contributed by atoms with Crippen LogP contribution in [0.5, 0.6) is 0 Å². The maximum Gasteiger partial charge on any atom is 0.434 e. The fraction of sp³-hybridized carbons (Fsp3) is 0.667. The molecule has 4 aliphatic rings. The summed E-state index contributed by atoms with van der Waals surface area (Å²) >= 11 is 0. The average molecular weight is 477 g/mol. The second kappa shape index (κ2) is 8.27. The highest BCUT2D eigenvalue weighted by Gasteiger charge is 2.62. The fourth-order valence-corrected chi connectivity index (χ4v) is 5.89. The predicted octanol–water partition coefficient (Wildman–Crippen LogP) is 3.41. The Kier molecular flexibility index (Phi) is 5.63. The van der Waals surface area contributed by atoms with E-state index in [1.807, 2.05) is 25.7 Å². The van der Waals surface area contributed by atoms with E-state index in [0.717, 1.165) is 25.7 Å². The molecule has 4 fully saturated rings. The lowest BCUT2D eigenvalue weighted by Gasteiger charge is -2.42. The monoisotopic (exact) mass is 476 g/mol. The van der Waals surface area contributed by atoms with E-state index < -0.39 is 17.8 Å². The Morgan fingerprint density at radius 3 is 2.62 bits per heavy atom. The van der Waals surface area contributed by atoms with Crippen molar-refractivity contribution in [3.05, 3.63) is 24.0 Å². The van der Waals surface area contributed by atoms with Crippen LogP contribution in [0.2, 0.25) is 0 Å². The molecular formula is C24H33FN4O5. The number of nitrogens with two attached hydrogens (primary N) is 1. The molecule has 3 aliphatic heterocycles. The number of ether oxygens (including phenoxy) is 2. The van der Waals surface area contributed by atoms with E-state index in [4.69, 9.17) is 20.0 Å². The van der Waals surface area contributed by atoms with Gasteiger partial charge in [-0.3, -0.25) is 9.74 Å². The minimum Gasteiger partial charge on any atom is -0.443 e. The van der Waals surface area contributed by atoms with Crippen molar-refractivity contribution in [2.45, 2.75) is 70.3 Å². The van der Waals surface area contributed by atoms with Crippen LogP contribution >= 0.6 is 0 Å². The van der Waals surface area contributed by atoms with Gasteiger partial charge in [0.1, 0.15) is 17.5 Å². The van der Waals surface area contributed by atoms with E-state index in [2.05, 4.69) is 0 Å². The third kappa shape index (κ3) is 3.86. The molecule has 1 aliphatic carbocycles. The molecule has 5 rings (SSSR count). The minimum absolute atomic E-state index is 0.0154. The van der Waals surface area contributed by atoms with Crippen LogP contribution in [0.25, 0.3) is 0 Å². The number of hydrogen-bond donors (Lipinski definition) is 1. The summed E-state index contributed by atoms with van der Waals surface area (Å²) < 4.78 is 25.8. The summed E-state index contributed by atoms with van der Waals surface area (Å²) in [7, 11) is 0. The average Bonchev–Trinajstić information content (AvgIpc) is 3.42. The van der Waals surface area contributed by atoms with E-state index in [1.165, 1.54) is 16.0 Å². The molecule has 1 aromatic rings. The summed E-state index contributed by atoms with van der Waals surface area (Å²) in [5.74, 6) is -0.376. The summed E-state index contributed by atoms with van der Waals surface area (Å²) in [6, 6.07) is 4.83. The minimum atomic E-state index is -0.584. The topological polar surface area (TPSA) is 97.6 Å². The highest BCUT2D eigenvalue weighted by Crippen LogP contribution is 2.55. The molecule has 1 aromatic carbocycles. The van der Waals surface area contributed by atoms with Gasteiger partial charge in [0.05, 0.1) is 30.1 Å². The molecular weight excluding hydrogens is 443 g/mol. The van der Waals surface area contributed by atoms with Crippen LogP contribution in [0.1, 0.15) is 46.5 Å². The zero-order valence-electron chi connectivity index (χ0n) is 20.0. The first-order chi connectivity index (χ1) is 16.1. The van der Waals surface area contributed by atoms with Gasteiger partial charge >= 0.3 is 12.2 Å². The predicted molar refractivity (Wildman–Crippen MR) is 123 cm³/mol. The number of nitrogens with zero attached hydrogens (tertiary/aromatic N) is 3. The molecule has 10 heteroatoms. The largest absolute Gasteiger partial charge is 0.443 e. The number of cyclic esters (lactones) is 1. The molecule has 0 aromatic heterocycles. The Hall–Kier alpha value is -2.59. The number of carbonyl (C=O) groups excluding carboxylic acids is 2. The van der Waals surface area contributed by atoms with Crippen LogP contribution in [-0.2, 0) is 14.3 Å². The van der Waals surface area contributed by atoms with Crippen LogP contribution in [0.15, 0.2) is 18.2 Å². The third-order valence-electron chi connectivity index (χ3n) is 7.52. The lowest BCUT2D eigenvalue weighted by molar-refractivity contribution is -0.170.